The molecule has 0 fully saturated rings. The molecule has 1 aromatic carbocycles. The third-order valence-corrected chi connectivity index (χ3v) is 2.49. The summed E-state index contributed by atoms with van der Waals surface area (Å²) in [6.45, 7) is 1.58. The van der Waals surface area contributed by atoms with E-state index in [2.05, 4.69) is 5.32 Å². The first-order chi connectivity index (χ1) is 7.89. The number of carbonyl (C=O) groups is 1. The minimum atomic E-state index is -1.71. The van der Waals surface area contributed by atoms with E-state index in [9.17, 15) is 4.79 Å². The Bertz CT molecular complexity index is 365. The van der Waals surface area contributed by atoms with E-state index in [1.807, 2.05) is 30.3 Å². The molecule has 6 heteroatoms. The van der Waals surface area contributed by atoms with E-state index >= 15 is 0 Å². The fourth-order valence-electron chi connectivity index (χ4n) is 1.16. The highest BCUT2D eigenvalue weighted by Crippen LogP contribution is 2.31. The number of halogens is 3. The third-order valence-electron chi connectivity index (χ3n) is 1.89. The Morgan fingerprint density at radius 3 is 2.41 bits per heavy atom. The van der Waals surface area contributed by atoms with Gasteiger partial charge in [-0.15, -0.1) is 0 Å². The van der Waals surface area contributed by atoms with Crippen LogP contribution in [-0.2, 0) is 16.1 Å². The fraction of sp³-hybridized carbons (Fsp3) is 0.364. The zero-order chi connectivity index (χ0) is 12.9. The molecular weight excluding hydrogens is 284 g/mol. The smallest absolute Gasteiger partial charge is 0.234 e. The van der Waals surface area contributed by atoms with Crippen molar-refractivity contribution in [1.29, 1.82) is 0 Å². The third kappa shape index (κ3) is 5.59. The lowest BCUT2D eigenvalue weighted by atomic mass is 10.2. The molecule has 0 heterocycles. The van der Waals surface area contributed by atoms with Gasteiger partial charge in [0.1, 0.15) is 0 Å². The maximum absolute atomic E-state index is 10.9. The summed E-state index contributed by atoms with van der Waals surface area (Å²) in [6.07, 6.45) is -0.981. The van der Waals surface area contributed by atoms with E-state index in [1.54, 1.807) is 0 Å². The van der Waals surface area contributed by atoms with Gasteiger partial charge in [0, 0.05) is 6.92 Å². The van der Waals surface area contributed by atoms with Crippen LogP contribution in [0.25, 0.3) is 0 Å². The van der Waals surface area contributed by atoms with Gasteiger partial charge in [0.05, 0.1) is 6.61 Å². The van der Waals surface area contributed by atoms with Crippen molar-refractivity contribution in [1.82, 2.24) is 5.32 Å². The number of alkyl halides is 3. The summed E-state index contributed by atoms with van der Waals surface area (Å²) in [5.74, 6) is -0.325. The number of hydrogen-bond donors (Lipinski definition) is 1. The quantitative estimate of drug-likeness (QED) is 0.685. The predicted octanol–water partition coefficient (Wildman–Crippen LogP) is 3.04. The van der Waals surface area contributed by atoms with Gasteiger partial charge in [-0.2, -0.15) is 0 Å². The monoisotopic (exact) mass is 295 g/mol. The number of carbonyl (C=O) groups excluding carboxylic acids is 1. The SMILES string of the molecule is CC(=O)NC(OCc1ccccc1)C(Cl)(Cl)Cl. The standard InChI is InChI=1S/C11H12Cl3NO2/c1-8(16)15-10(11(12,13)14)17-7-9-5-3-2-4-6-9/h2-6,10H,7H2,1H3,(H,15,16). The summed E-state index contributed by atoms with van der Waals surface area (Å²) in [5, 5.41) is 2.43. The molecule has 0 aliphatic heterocycles. The van der Waals surface area contributed by atoms with Crippen LogP contribution < -0.4 is 5.32 Å². The van der Waals surface area contributed by atoms with E-state index in [-0.39, 0.29) is 12.5 Å². The molecule has 0 aromatic heterocycles. The van der Waals surface area contributed by atoms with Crippen LogP contribution >= 0.6 is 34.8 Å². The second-order valence-electron chi connectivity index (χ2n) is 3.42. The molecule has 1 N–H and O–H groups in total. The first-order valence-corrected chi connectivity index (χ1v) is 6.02. The molecule has 0 radical (unpaired) electrons. The molecule has 1 atom stereocenters. The van der Waals surface area contributed by atoms with Crippen LogP contribution in [0.4, 0.5) is 0 Å². The number of ether oxygens (including phenoxy) is 1. The minimum Gasteiger partial charge on any atom is -0.349 e. The lowest BCUT2D eigenvalue weighted by Crippen LogP contribution is -2.44. The molecule has 1 unspecified atom stereocenters. The molecule has 0 saturated heterocycles. The molecule has 1 rings (SSSR count). The normalized spacial score (nSPS) is 13.2. The van der Waals surface area contributed by atoms with Gasteiger partial charge in [-0.1, -0.05) is 65.1 Å². The van der Waals surface area contributed by atoms with E-state index in [4.69, 9.17) is 39.5 Å². The van der Waals surface area contributed by atoms with Crippen LogP contribution in [-0.4, -0.2) is 15.9 Å². The van der Waals surface area contributed by atoms with Gasteiger partial charge in [0.25, 0.3) is 0 Å². The Hall–Kier alpha value is -0.480. The van der Waals surface area contributed by atoms with Crippen LogP contribution in [0.5, 0.6) is 0 Å². The summed E-state index contributed by atoms with van der Waals surface area (Å²) in [7, 11) is 0. The second kappa shape index (κ2) is 6.45. The van der Waals surface area contributed by atoms with Crippen molar-refractivity contribution in [3.63, 3.8) is 0 Å². The number of rotatable bonds is 4. The van der Waals surface area contributed by atoms with Crippen LogP contribution in [0, 0.1) is 0 Å². The lowest BCUT2D eigenvalue weighted by Gasteiger charge is -2.25. The average Bonchev–Trinajstić information content (AvgIpc) is 2.23. The van der Waals surface area contributed by atoms with Crippen molar-refractivity contribution >= 4 is 40.7 Å². The molecule has 0 aliphatic carbocycles. The van der Waals surface area contributed by atoms with Gasteiger partial charge in [0.15, 0.2) is 6.23 Å². The van der Waals surface area contributed by atoms with Gasteiger partial charge < -0.3 is 10.1 Å². The first-order valence-electron chi connectivity index (χ1n) is 4.89. The second-order valence-corrected chi connectivity index (χ2v) is 5.79. The van der Waals surface area contributed by atoms with Crippen LogP contribution in [0.2, 0.25) is 0 Å². The summed E-state index contributed by atoms with van der Waals surface area (Å²) in [4.78, 5) is 10.9. The average molecular weight is 297 g/mol. The van der Waals surface area contributed by atoms with Crippen molar-refractivity contribution in [3.8, 4) is 0 Å². The topological polar surface area (TPSA) is 38.3 Å². The van der Waals surface area contributed by atoms with Gasteiger partial charge >= 0.3 is 0 Å². The Kier molecular flexibility index (Phi) is 5.53. The summed E-state index contributed by atoms with van der Waals surface area (Å²) in [5.41, 5.74) is 0.928. The first kappa shape index (κ1) is 14.6. The molecule has 0 spiro atoms. The minimum absolute atomic E-state index is 0.250. The molecule has 17 heavy (non-hydrogen) atoms. The molecule has 94 valence electrons. The van der Waals surface area contributed by atoms with Crippen molar-refractivity contribution in [3.05, 3.63) is 35.9 Å². The highest BCUT2D eigenvalue weighted by atomic mass is 35.6. The summed E-state index contributed by atoms with van der Waals surface area (Å²) >= 11 is 17.1. The van der Waals surface area contributed by atoms with Gasteiger partial charge in [-0.05, 0) is 5.56 Å². The molecule has 0 bridgehead atoms. The van der Waals surface area contributed by atoms with Crippen molar-refractivity contribution in [2.45, 2.75) is 23.6 Å². The number of benzene rings is 1. The maximum atomic E-state index is 10.9. The zero-order valence-corrected chi connectivity index (χ0v) is 11.4. The zero-order valence-electron chi connectivity index (χ0n) is 9.12. The molecule has 0 aliphatic rings. The largest absolute Gasteiger partial charge is 0.349 e. The Morgan fingerprint density at radius 2 is 1.94 bits per heavy atom. The highest BCUT2D eigenvalue weighted by molar-refractivity contribution is 6.68. The van der Waals surface area contributed by atoms with E-state index < -0.39 is 10.0 Å². The Balaban J connectivity index is 2.59. The van der Waals surface area contributed by atoms with E-state index in [0.717, 1.165) is 5.56 Å². The Morgan fingerprint density at radius 1 is 1.35 bits per heavy atom. The number of amides is 1. The lowest BCUT2D eigenvalue weighted by molar-refractivity contribution is -0.123. The van der Waals surface area contributed by atoms with Crippen molar-refractivity contribution in [2.24, 2.45) is 0 Å². The summed E-state index contributed by atoms with van der Waals surface area (Å²) in [6, 6.07) is 9.40. The van der Waals surface area contributed by atoms with Crippen LogP contribution in [0.3, 0.4) is 0 Å². The molecule has 3 nitrogen and oxygen atoms in total. The maximum Gasteiger partial charge on any atom is 0.234 e. The van der Waals surface area contributed by atoms with Crippen molar-refractivity contribution in [2.75, 3.05) is 0 Å². The molecule has 0 saturated carbocycles. The summed E-state index contributed by atoms with van der Waals surface area (Å²) < 4.78 is 3.67. The van der Waals surface area contributed by atoms with Crippen LogP contribution in [0.1, 0.15) is 12.5 Å². The highest BCUT2D eigenvalue weighted by Gasteiger charge is 2.34. The van der Waals surface area contributed by atoms with Crippen molar-refractivity contribution < 1.29 is 9.53 Å². The Labute approximate surface area is 115 Å². The van der Waals surface area contributed by atoms with E-state index in [1.165, 1.54) is 6.92 Å². The van der Waals surface area contributed by atoms with Gasteiger partial charge in [0.2, 0.25) is 9.70 Å². The predicted molar refractivity (Wildman–Crippen MR) is 69.1 cm³/mol. The molecule has 1 amide bonds. The van der Waals surface area contributed by atoms with Gasteiger partial charge in [-0.25, -0.2) is 0 Å². The van der Waals surface area contributed by atoms with Crippen LogP contribution in [0.15, 0.2) is 30.3 Å². The fourth-order valence-corrected chi connectivity index (χ4v) is 1.51. The molecule has 1 aromatic rings. The van der Waals surface area contributed by atoms with E-state index in [0.29, 0.717) is 0 Å². The molecular formula is C11H12Cl3NO2. The number of hydrogen-bond acceptors (Lipinski definition) is 2. The van der Waals surface area contributed by atoms with Gasteiger partial charge in [-0.3, -0.25) is 4.79 Å². The number of nitrogens with one attached hydrogen (secondary N) is 1.